The number of aliphatic hydroxyl groups excluding tert-OH is 2. The molecule has 0 heterocycles. The maximum Gasteiger partial charge on any atom is 0.305 e. The van der Waals surface area contributed by atoms with Crippen molar-refractivity contribution in [3.8, 4) is 0 Å². The topological polar surface area (TPSA) is 95.9 Å². The smallest absolute Gasteiger partial charge is 0.305 e. The van der Waals surface area contributed by atoms with E-state index in [0.717, 1.165) is 38.5 Å². The summed E-state index contributed by atoms with van der Waals surface area (Å²) < 4.78 is 5.50. The first-order valence-electron chi connectivity index (χ1n) is 30.5. The first kappa shape index (κ1) is 65.6. The molecule has 0 radical (unpaired) electrons. The molecule has 1 amide bonds. The second kappa shape index (κ2) is 57.2. The van der Waals surface area contributed by atoms with Gasteiger partial charge in [-0.25, -0.2) is 0 Å². The second-order valence-electron chi connectivity index (χ2n) is 21.0. The molecule has 0 spiro atoms. The largest absolute Gasteiger partial charge is 0.466 e. The van der Waals surface area contributed by atoms with E-state index in [4.69, 9.17) is 4.74 Å². The van der Waals surface area contributed by atoms with Gasteiger partial charge in [-0.3, -0.25) is 9.59 Å². The van der Waals surface area contributed by atoms with Crippen LogP contribution >= 0.6 is 0 Å². The number of aliphatic hydroxyl groups is 2. The minimum atomic E-state index is -0.844. The van der Waals surface area contributed by atoms with Crippen LogP contribution in [0.15, 0.2) is 12.2 Å². The predicted octanol–water partition coefficient (Wildman–Crippen LogP) is 18.9. The maximum absolute atomic E-state index is 12.4. The number of amides is 1. The van der Waals surface area contributed by atoms with Crippen LogP contribution in [-0.4, -0.2) is 47.4 Å². The van der Waals surface area contributed by atoms with E-state index in [1.165, 1.54) is 276 Å². The molecular weight excluding hydrogens is 827 g/mol. The Hall–Kier alpha value is -1.40. The van der Waals surface area contributed by atoms with Crippen LogP contribution < -0.4 is 5.32 Å². The van der Waals surface area contributed by atoms with Crippen molar-refractivity contribution in [2.45, 2.75) is 353 Å². The van der Waals surface area contributed by atoms with Crippen LogP contribution in [-0.2, 0) is 14.3 Å². The van der Waals surface area contributed by atoms with Gasteiger partial charge < -0.3 is 20.3 Å². The molecule has 0 aliphatic carbocycles. The fourth-order valence-electron chi connectivity index (χ4n) is 9.64. The second-order valence-corrected chi connectivity index (χ2v) is 21.0. The van der Waals surface area contributed by atoms with E-state index in [9.17, 15) is 19.8 Å². The Morgan fingerprint density at radius 2 is 0.687 bits per heavy atom. The quantitative estimate of drug-likeness (QED) is 0.0321. The highest BCUT2D eigenvalue weighted by molar-refractivity contribution is 5.76. The third-order valence-corrected chi connectivity index (χ3v) is 14.3. The van der Waals surface area contributed by atoms with Crippen molar-refractivity contribution in [3.63, 3.8) is 0 Å². The molecule has 0 aromatic carbocycles. The van der Waals surface area contributed by atoms with E-state index in [-0.39, 0.29) is 18.5 Å². The minimum Gasteiger partial charge on any atom is -0.466 e. The predicted molar refractivity (Wildman–Crippen MR) is 292 cm³/mol. The fourth-order valence-corrected chi connectivity index (χ4v) is 9.64. The van der Waals surface area contributed by atoms with Crippen LogP contribution in [0.5, 0.6) is 0 Å². The zero-order chi connectivity index (χ0) is 48.6. The molecule has 0 aromatic rings. The molecule has 0 aliphatic heterocycles. The van der Waals surface area contributed by atoms with E-state index in [0.29, 0.717) is 19.4 Å². The molecule has 0 rings (SSSR count). The summed E-state index contributed by atoms with van der Waals surface area (Å²) >= 11 is 0. The Balaban J connectivity index is 3.37. The molecule has 0 aromatic heterocycles. The highest BCUT2D eigenvalue weighted by Crippen LogP contribution is 2.18. The van der Waals surface area contributed by atoms with Gasteiger partial charge in [0, 0.05) is 12.8 Å². The van der Waals surface area contributed by atoms with Gasteiger partial charge in [-0.1, -0.05) is 309 Å². The van der Waals surface area contributed by atoms with Crippen molar-refractivity contribution in [2.24, 2.45) is 0 Å². The molecular formula is C61H119NO5. The van der Waals surface area contributed by atoms with E-state index in [2.05, 4.69) is 19.2 Å². The first-order chi connectivity index (χ1) is 33.0. The lowest BCUT2D eigenvalue weighted by Gasteiger charge is -2.20. The van der Waals surface area contributed by atoms with E-state index in [1.54, 1.807) is 6.08 Å². The number of ether oxygens (including phenoxy) is 1. The van der Waals surface area contributed by atoms with Gasteiger partial charge >= 0.3 is 5.97 Å². The van der Waals surface area contributed by atoms with Gasteiger partial charge in [0.25, 0.3) is 0 Å². The van der Waals surface area contributed by atoms with Gasteiger partial charge in [-0.05, 0) is 32.1 Å². The molecule has 6 nitrogen and oxygen atoms in total. The van der Waals surface area contributed by atoms with Crippen molar-refractivity contribution >= 4 is 11.9 Å². The fraction of sp³-hybridized carbons (Fsp3) is 0.934. The molecule has 6 heteroatoms. The zero-order valence-corrected chi connectivity index (χ0v) is 45.4. The molecule has 0 saturated carbocycles. The van der Waals surface area contributed by atoms with E-state index >= 15 is 0 Å². The standard InChI is InChI=1S/C61H119NO5/c1-3-5-7-9-11-13-15-17-18-19-21-25-28-31-35-39-43-47-51-55-61(66)67-56-52-48-44-40-36-32-29-26-23-20-22-24-27-30-34-38-42-46-50-54-60(65)62-58(57-63)59(64)53-49-45-41-37-33-16-14-12-10-8-6-4-2/h49,53,58-59,63-64H,3-48,50-52,54-57H2,1-2H3,(H,62,65)/b53-49+. The van der Waals surface area contributed by atoms with Crippen LogP contribution in [0.1, 0.15) is 341 Å². The summed E-state index contributed by atoms with van der Waals surface area (Å²) in [5, 5.41) is 23.0. The molecule has 0 aliphatic rings. The van der Waals surface area contributed by atoms with Crippen molar-refractivity contribution in [1.82, 2.24) is 5.32 Å². The zero-order valence-electron chi connectivity index (χ0n) is 45.4. The van der Waals surface area contributed by atoms with Crippen LogP contribution in [0.2, 0.25) is 0 Å². The number of carbonyl (C=O) groups is 2. The average molecular weight is 947 g/mol. The number of hydrogen-bond donors (Lipinski definition) is 3. The third-order valence-electron chi connectivity index (χ3n) is 14.3. The highest BCUT2D eigenvalue weighted by Gasteiger charge is 2.18. The molecule has 2 atom stereocenters. The molecule has 0 fully saturated rings. The number of carbonyl (C=O) groups excluding carboxylic acids is 2. The van der Waals surface area contributed by atoms with Crippen LogP contribution in [0.4, 0.5) is 0 Å². The lowest BCUT2D eigenvalue weighted by Crippen LogP contribution is -2.45. The molecule has 398 valence electrons. The Bertz CT molecular complexity index is 1000. The van der Waals surface area contributed by atoms with Gasteiger partial charge in [0.05, 0.1) is 25.4 Å². The van der Waals surface area contributed by atoms with Crippen LogP contribution in [0, 0.1) is 0 Å². The summed E-state index contributed by atoms with van der Waals surface area (Å²) in [6, 6.07) is -0.628. The summed E-state index contributed by atoms with van der Waals surface area (Å²) in [4.78, 5) is 24.5. The summed E-state index contributed by atoms with van der Waals surface area (Å²) in [5.74, 6) is -0.0564. The number of nitrogens with one attached hydrogen (secondary N) is 1. The summed E-state index contributed by atoms with van der Waals surface area (Å²) in [7, 11) is 0. The Labute approximate surface area is 419 Å². The Kier molecular flexibility index (Phi) is 56.0. The summed E-state index contributed by atoms with van der Waals surface area (Å²) in [5.41, 5.74) is 0. The molecule has 67 heavy (non-hydrogen) atoms. The van der Waals surface area contributed by atoms with Crippen molar-refractivity contribution in [3.05, 3.63) is 12.2 Å². The van der Waals surface area contributed by atoms with E-state index in [1.807, 2.05) is 6.08 Å². The lowest BCUT2D eigenvalue weighted by atomic mass is 10.0. The molecule has 0 bridgehead atoms. The number of allylic oxidation sites excluding steroid dienone is 1. The molecule has 2 unspecified atom stereocenters. The van der Waals surface area contributed by atoms with Crippen molar-refractivity contribution < 1.29 is 24.5 Å². The van der Waals surface area contributed by atoms with Crippen LogP contribution in [0.3, 0.4) is 0 Å². The Morgan fingerprint density at radius 3 is 1.01 bits per heavy atom. The van der Waals surface area contributed by atoms with Gasteiger partial charge in [-0.15, -0.1) is 0 Å². The summed E-state index contributed by atoms with van der Waals surface area (Å²) in [6.07, 6.45) is 68.2. The summed E-state index contributed by atoms with van der Waals surface area (Å²) in [6.45, 7) is 4.92. The highest BCUT2D eigenvalue weighted by atomic mass is 16.5. The average Bonchev–Trinajstić information content (AvgIpc) is 3.33. The normalized spacial score (nSPS) is 12.6. The number of unbranched alkanes of at least 4 members (excludes halogenated alkanes) is 46. The SMILES string of the molecule is CCCCCCCCCCCC/C=C/C(O)C(CO)NC(=O)CCCCCCCCCCCCCCCCCCCCCOC(=O)CCCCCCCCCCCCCCCCCCCCC. The number of hydrogen-bond acceptors (Lipinski definition) is 5. The maximum atomic E-state index is 12.4. The molecule has 0 saturated heterocycles. The van der Waals surface area contributed by atoms with E-state index < -0.39 is 12.1 Å². The van der Waals surface area contributed by atoms with Crippen LogP contribution in [0.25, 0.3) is 0 Å². The minimum absolute atomic E-state index is 0.0136. The number of esters is 1. The lowest BCUT2D eigenvalue weighted by molar-refractivity contribution is -0.143. The third kappa shape index (κ3) is 53.8. The Morgan fingerprint density at radius 1 is 0.403 bits per heavy atom. The monoisotopic (exact) mass is 946 g/mol. The van der Waals surface area contributed by atoms with Crippen molar-refractivity contribution in [2.75, 3.05) is 13.2 Å². The van der Waals surface area contributed by atoms with Gasteiger partial charge in [0.15, 0.2) is 0 Å². The molecule has 3 N–H and O–H groups in total. The van der Waals surface area contributed by atoms with Gasteiger partial charge in [0.1, 0.15) is 0 Å². The van der Waals surface area contributed by atoms with Crippen molar-refractivity contribution in [1.29, 1.82) is 0 Å². The van der Waals surface area contributed by atoms with Gasteiger partial charge in [0.2, 0.25) is 5.91 Å². The first-order valence-corrected chi connectivity index (χ1v) is 30.5. The van der Waals surface area contributed by atoms with Gasteiger partial charge in [-0.2, -0.15) is 0 Å². The number of rotatable bonds is 57.